The van der Waals surface area contributed by atoms with E-state index >= 15 is 0 Å². The highest BCUT2D eigenvalue weighted by Crippen LogP contribution is 2.41. The van der Waals surface area contributed by atoms with Crippen LogP contribution >= 0.6 is 23.2 Å². The van der Waals surface area contributed by atoms with E-state index in [1.165, 1.54) is 26.3 Å². The second-order valence-corrected chi connectivity index (χ2v) is 10.6. The Hall–Kier alpha value is -4.16. The molecule has 244 valence electrons. The summed E-state index contributed by atoms with van der Waals surface area (Å²) in [5.41, 5.74) is -2.71. The molecule has 0 aliphatic carbocycles. The fourth-order valence-corrected chi connectivity index (χ4v) is 5.05. The van der Waals surface area contributed by atoms with Crippen LogP contribution in [-0.4, -0.2) is 78.2 Å². The molecule has 12 nitrogen and oxygen atoms in total. The second-order valence-electron chi connectivity index (χ2n) is 9.73. The van der Waals surface area contributed by atoms with Crippen LogP contribution in [0.3, 0.4) is 0 Å². The number of carbonyl (C=O) groups is 1. The molecule has 19 heteroatoms. The Morgan fingerprint density at radius 1 is 1.15 bits per heavy atom. The van der Waals surface area contributed by atoms with Gasteiger partial charge in [0.15, 0.2) is 28.9 Å². The Morgan fingerprint density at radius 3 is 2.50 bits per heavy atom. The number of hydrogen-bond donors (Lipinski definition) is 2. The molecular formula is C27H21Cl2F5N6O6. The van der Waals surface area contributed by atoms with Gasteiger partial charge >= 0.3 is 12.1 Å². The van der Waals surface area contributed by atoms with Crippen molar-refractivity contribution in [2.45, 2.75) is 37.5 Å². The number of rotatable bonds is 7. The minimum atomic E-state index is -5.04. The number of benzene rings is 1. The van der Waals surface area contributed by atoms with E-state index in [0.717, 1.165) is 36.3 Å². The zero-order valence-corrected chi connectivity index (χ0v) is 25.1. The molecule has 0 spiro atoms. The summed E-state index contributed by atoms with van der Waals surface area (Å²) < 4.78 is 88.7. The molecule has 1 aliphatic rings. The first-order valence-electron chi connectivity index (χ1n) is 12.9. The summed E-state index contributed by atoms with van der Waals surface area (Å²) in [6.07, 6.45) is -8.47. The van der Waals surface area contributed by atoms with Gasteiger partial charge in [-0.2, -0.15) is 18.3 Å². The SMILES string of the molecule is COC(=O)c1nc([C@@H]2OC(C(C)O)C(OC)=C(n3cc(-c4ccc(Cl)c(F)c4F)cn3)C2O)n(-c2cc(Cl)cnc2C(F)(F)F)n1. The minimum Gasteiger partial charge on any atom is -0.496 e. The standard InChI is InChI=1S/C27H21Cl2F5N6O6/c1-10(41)20-21(44-2)18(39-9-11(7-36-39)13-4-5-14(29)17(31)16(13)30)19(42)22(46-20)25-37-24(26(43)45-3)38-40(25)15-6-12(28)8-35-23(15)27(32,33)34/h4-10,19-20,22,41-42H,1-3H3/t10?,19?,20?,22-/m1/s1. The molecule has 4 aromatic rings. The van der Waals surface area contributed by atoms with Crippen molar-refractivity contribution in [1.82, 2.24) is 29.5 Å². The van der Waals surface area contributed by atoms with Crippen LogP contribution in [0, 0.1) is 11.6 Å². The van der Waals surface area contributed by atoms with Crippen molar-refractivity contribution in [3.63, 3.8) is 0 Å². The third kappa shape index (κ3) is 5.91. The molecule has 3 aromatic heterocycles. The van der Waals surface area contributed by atoms with Crippen LogP contribution in [0.5, 0.6) is 0 Å². The van der Waals surface area contributed by atoms with Crippen LogP contribution in [-0.2, 0) is 20.4 Å². The molecule has 5 rings (SSSR count). The van der Waals surface area contributed by atoms with E-state index in [-0.39, 0.29) is 27.6 Å². The molecule has 0 saturated carbocycles. The van der Waals surface area contributed by atoms with E-state index in [1.807, 2.05) is 0 Å². The van der Waals surface area contributed by atoms with E-state index in [9.17, 15) is 37.0 Å². The van der Waals surface area contributed by atoms with Gasteiger partial charge in [-0.15, -0.1) is 5.10 Å². The summed E-state index contributed by atoms with van der Waals surface area (Å²) in [7, 11) is 2.17. The van der Waals surface area contributed by atoms with E-state index in [2.05, 4.69) is 24.9 Å². The van der Waals surface area contributed by atoms with Gasteiger partial charge < -0.3 is 24.4 Å². The number of aromatic nitrogens is 6. The molecule has 4 atom stereocenters. The number of hydrogen-bond acceptors (Lipinski definition) is 10. The first-order valence-corrected chi connectivity index (χ1v) is 13.7. The summed E-state index contributed by atoms with van der Waals surface area (Å²) >= 11 is 11.6. The van der Waals surface area contributed by atoms with Gasteiger partial charge in [-0.05, 0) is 25.1 Å². The molecular weight excluding hydrogens is 670 g/mol. The van der Waals surface area contributed by atoms with Crippen molar-refractivity contribution in [1.29, 1.82) is 0 Å². The Labute approximate surface area is 265 Å². The molecule has 1 aromatic carbocycles. The largest absolute Gasteiger partial charge is 0.496 e. The van der Waals surface area contributed by atoms with Gasteiger partial charge in [-0.25, -0.2) is 32.9 Å². The Morgan fingerprint density at radius 2 is 1.87 bits per heavy atom. The normalized spacial score (nSPS) is 19.3. The van der Waals surface area contributed by atoms with Gasteiger partial charge in [-0.3, -0.25) is 0 Å². The summed E-state index contributed by atoms with van der Waals surface area (Å²) in [5.74, 6) is -5.21. The second kappa shape index (κ2) is 12.6. The van der Waals surface area contributed by atoms with Crippen molar-refractivity contribution < 1.29 is 51.2 Å². The number of halogens is 7. The quantitative estimate of drug-likeness (QED) is 0.160. The Kier molecular flexibility index (Phi) is 9.07. The van der Waals surface area contributed by atoms with Gasteiger partial charge in [-0.1, -0.05) is 23.2 Å². The van der Waals surface area contributed by atoms with Crippen LogP contribution in [0.4, 0.5) is 22.0 Å². The lowest BCUT2D eigenvalue weighted by atomic mass is 9.99. The molecule has 2 N–H and O–H groups in total. The van der Waals surface area contributed by atoms with Gasteiger partial charge in [0.05, 0.1) is 42.3 Å². The monoisotopic (exact) mass is 690 g/mol. The lowest BCUT2D eigenvalue weighted by Crippen LogP contribution is -2.43. The predicted molar refractivity (Wildman–Crippen MR) is 149 cm³/mol. The van der Waals surface area contributed by atoms with Crippen molar-refractivity contribution >= 4 is 34.9 Å². The zero-order valence-electron chi connectivity index (χ0n) is 23.6. The highest BCUT2D eigenvalue weighted by molar-refractivity contribution is 6.31. The Bertz CT molecular complexity index is 1850. The third-order valence-electron chi connectivity index (χ3n) is 6.79. The van der Waals surface area contributed by atoms with Gasteiger partial charge in [0, 0.05) is 23.5 Å². The predicted octanol–water partition coefficient (Wildman–Crippen LogP) is 4.61. The number of pyridine rings is 1. The number of ether oxygens (including phenoxy) is 3. The van der Waals surface area contributed by atoms with E-state index in [0.29, 0.717) is 4.68 Å². The van der Waals surface area contributed by atoms with Crippen LogP contribution in [0.1, 0.15) is 35.2 Å². The van der Waals surface area contributed by atoms with E-state index in [4.69, 9.17) is 32.7 Å². The number of esters is 1. The number of aliphatic hydroxyl groups excluding tert-OH is 2. The average molecular weight is 691 g/mol. The van der Waals surface area contributed by atoms with Crippen LogP contribution < -0.4 is 0 Å². The maximum Gasteiger partial charge on any atom is 0.435 e. The summed E-state index contributed by atoms with van der Waals surface area (Å²) in [5, 5.41) is 29.6. The molecule has 3 unspecified atom stereocenters. The minimum absolute atomic E-state index is 0.0239. The van der Waals surface area contributed by atoms with E-state index < -0.39 is 76.2 Å². The summed E-state index contributed by atoms with van der Waals surface area (Å²) in [4.78, 5) is 19.8. The van der Waals surface area contributed by atoms with Gasteiger partial charge in [0.1, 0.15) is 24.0 Å². The van der Waals surface area contributed by atoms with Crippen molar-refractivity contribution in [2.24, 2.45) is 0 Å². The molecule has 0 amide bonds. The molecule has 0 fully saturated rings. The maximum atomic E-state index is 14.7. The first kappa shape index (κ1) is 33.2. The van der Waals surface area contributed by atoms with Gasteiger partial charge in [0.25, 0.3) is 5.82 Å². The molecule has 1 aliphatic heterocycles. The zero-order chi connectivity index (χ0) is 33.7. The van der Waals surface area contributed by atoms with Gasteiger partial charge in [0.2, 0.25) is 0 Å². The highest BCUT2D eigenvalue weighted by atomic mass is 35.5. The average Bonchev–Trinajstić information content (AvgIpc) is 3.66. The number of nitrogens with zero attached hydrogens (tertiary/aromatic N) is 6. The molecule has 46 heavy (non-hydrogen) atoms. The lowest BCUT2D eigenvalue weighted by Gasteiger charge is -2.37. The number of carbonyl (C=O) groups excluding carboxylic acids is 1. The number of aliphatic hydroxyl groups is 2. The van der Waals surface area contributed by atoms with Crippen molar-refractivity contribution in [3.8, 4) is 16.8 Å². The Balaban J connectivity index is 1.71. The number of alkyl halides is 3. The maximum absolute atomic E-state index is 14.7. The van der Waals surface area contributed by atoms with E-state index in [1.54, 1.807) is 0 Å². The summed E-state index contributed by atoms with van der Waals surface area (Å²) in [6.45, 7) is 1.30. The molecule has 0 bridgehead atoms. The smallest absolute Gasteiger partial charge is 0.435 e. The van der Waals surface area contributed by atoms with Crippen molar-refractivity contribution in [2.75, 3.05) is 14.2 Å². The molecule has 0 radical (unpaired) electrons. The summed E-state index contributed by atoms with van der Waals surface area (Å²) in [6, 6.07) is 3.18. The fourth-order valence-electron chi connectivity index (χ4n) is 4.75. The molecule has 0 saturated heterocycles. The highest BCUT2D eigenvalue weighted by Gasteiger charge is 2.46. The first-order chi connectivity index (χ1) is 21.7. The fraction of sp³-hybridized carbons (Fsp3) is 0.296. The molecule has 4 heterocycles. The van der Waals surface area contributed by atoms with Crippen LogP contribution in [0.15, 0.2) is 42.5 Å². The van der Waals surface area contributed by atoms with Crippen LogP contribution in [0.2, 0.25) is 10.0 Å². The number of methoxy groups -OCH3 is 2. The topological polar surface area (TPSA) is 147 Å². The van der Waals surface area contributed by atoms with Crippen molar-refractivity contribution in [3.05, 3.63) is 81.6 Å². The van der Waals surface area contributed by atoms with Crippen LogP contribution in [0.25, 0.3) is 22.5 Å². The third-order valence-corrected chi connectivity index (χ3v) is 7.29. The lowest BCUT2D eigenvalue weighted by molar-refractivity contribution is -0.141.